The van der Waals surface area contributed by atoms with Gasteiger partial charge in [-0.2, -0.15) is 0 Å². The Morgan fingerprint density at radius 2 is 1.96 bits per heavy atom. The molecule has 1 aliphatic rings. The van der Waals surface area contributed by atoms with E-state index in [4.69, 9.17) is 4.74 Å². The van der Waals surface area contributed by atoms with Crippen LogP contribution in [-0.4, -0.2) is 44.2 Å². The Morgan fingerprint density at radius 3 is 2.63 bits per heavy atom. The summed E-state index contributed by atoms with van der Waals surface area (Å²) < 4.78 is 5.54. The van der Waals surface area contributed by atoms with Gasteiger partial charge in [0.1, 0.15) is 0 Å². The quantitative estimate of drug-likeness (QED) is 0.693. The van der Waals surface area contributed by atoms with E-state index in [9.17, 15) is 4.79 Å². The zero-order valence-corrected chi connectivity index (χ0v) is 17.0. The number of nitrogens with zero attached hydrogens (tertiary/aromatic N) is 1. The van der Waals surface area contributed by atoms with E-state index >= 15 is 0 Å². The number of amides is 1. The number of rotatable bonds is 9. The Balaban J connectivity index is 1.45. The minimum Gasteiger partial charge on any atom is -0.384 e. The highest BCUT2D eigenvalue weighted by Crippen LogP contribution is 2.36. The Morgan fingerprint density at radius 1 is 1.19 bits per heavy atom. The van der Waals surface area contributed by atoms with Crippen LogP contribution < -0.4 is 5.32 Å². The van der Waals surface area contributed by atoms with Gasteiger partial charge in [0.15, 0.2) is 0 Å². The standard InChI is InChI=1S/C22H30N2O2S/c1-26-18-22(11-9-21(25)23-19-6-3-2-4-7-19)12-15-24(16-13-22)14-10-20-8-5-17-27-20/h2-8,17H,9-16,18H2,1H3,(H,23,25). The third-order valence-corrected chi connectivity index (χ3v) is 6.50. The van der Waals surface area contributed by atoms with Crippen molar-refractivity contribution in [2.45, 2.75) is 32.1 Å². The number of carbonyl (C=O) groups excluding carboxylic acids is 1. The first-order chi connectivity index (χ1) is 13.2. The van der Waals surface area contributed by atoms with Crippen molar-refractivity contribution in [3.8, 4) is 0 Å². The summed E-state index contributed by atoms with van der Waals surface area (Å²) in [6, 6.07) is 14.0. The van der Waals surface area contributed by atoms with Crippen LogP contribution in [0.5, 0.6) is 0 Å². The molecule has 0 unspecified atom stereocenters. The molecule has 0 bridgehead atoms. The third kappa shape index (κ3) is 6.16. The normalized spacial score (nSPS) is 16.9. The molecule has 1 saturated heterocycles. The van der Waals surface area contributed by atoms with Gasteiger partial charge in [0.05, 0.1) is 6.61 Å². The largest absolute Gasteiger partial charge is 0.384 e. The van der Waals surface area contributed by atoms with E-state index in [0.717, 1.165) is 57.6 Å². The number of hydrogen-bond donors (Lipinski definition) is 1. The lowest BCUT2D eigenvalue weighted by molar-refractivity contribution is -0.117. The summed E-state index contributed by atoms with van der Waals surface area (Å²) in [5.41, 5.74) is 0.994. The van der Waals surface area contributed by atoms with E-state index in [2.05, 4.69) is 27.7 Å². The molecule has 1 aliphatic heterocycles. The number of likely N-dealkylation sites (tertiary alicyclic amines) is 1. The highest BCUT2D eigenvalue weighted by molar-refractivity contribution is 7.09. The van der Waals surface area contributed by atoms with Gasteiger partial charge in [0, 0.05) is 30.6 Å². The molecule has 1 aromatic heterocycles. The maximum Gasteiger partial charge on any atom is 0.224 e. The van der Waals surface area contributed by atoms with Gasteiger partial charge < -0.3 is 15.0 Å². The molecule has 1 amide bonds. The second kappa shape index (κ2) is 10.0. The lowest BCUT2D eigenvalue weighted by atomic mass is 9.75. The third-order valence-electron chi connectivity index (χ3n) is 5.56. The predicted molar refractivity (Wildman–Crippen MR) is 112 cm³/mol. The lowest BCUT2D eigenvalue weighted by Gasteiger charge is -2.41. The number of nitrogens with one attached hydrogen (secondary N) is 1. The monoisotopic (exact) mass is 386 g/mol. The number of hydrogen-bond acceptors (Lipinski definition) is 4. The minimum absolute atomic E-state index is 0.0943. The fraction of sp³-hybridized carbons (Fsp3) is 0.500. The van der Waals surface area contributed by atoms with Gasteiger partial charge >= 0.3 is 0 Å². The van der Waals surface area contributed by atoms with Crippen molar-refractivity contribution in [2.75, 3.05) is 38.7 Å². The van der Waals surface area contributed by atoms with Gasteiger partial charge in [-0.05, 0) is 67.8 Å². The molecule has 1 fully saturated rings. The first-order valence-corrected chi connectivity index (χ1v) is 10.7. The molecule has 0 atom stereocenters. The number of para-hydroxylation sites is 1. The van der Waals surface area contributed by atoms with E-state index in [-0.39, 0.29) is 11.3 Å². The SMILES string of the molecule is COCC1(CCC(=O)Nc2ccccc2)CCN(CCc2cccs2)CC1. The Hall–Kier alpha value is -1.69. The molecule has 0 saturated carbocycles. The van der Waals surface area contributed by atoms with Crippen LogP contribution in [0.3, 0.4) is 0 Å². The molecule has 0 aliphatic carbocycles. The number of anilines is 1. The van der Waals surface area contributed by atoms with E-state index < -0.39 is 0 Å². The topological polar surface area (TPSA) is 41.6 Å². The summed E-state index contributed by atoms with van der Waals surface area (Å²) in [6.07, 6.45) is 4.77. The molecule has 27 heavy (non-hydrogen) atoms. The van der Waals surface area contributed by atoms with Crippen LogP contribution >= 0.6 is 11.3 Å². The van der Waals surface area contributed by atoms with Crippen LogP contribution in [0.15, 0.2) is 47.8 Å². The number of carbonyl (C=O) groups is 1. The fourth-order valence-electron chi connectivity index (χ4n) is 3.87. The molecule has 5 heteroatoms. The van der Waals surface area contributed by atoms with E-state index in [1.165, 1.54) is 4.88 Å². The molecule has 1 N–H and O–H groups in total. The van der Waals surface area contributed by atoms with Crippen LogP contribution in [0.2, 0.25) is 0 Å². The molecule has 0 spiro atoms. The Bertz CT molecular complexity index is 680. The van der Waals surface area contributed by atoms with Crippen molar-refractivity contribution in [1.82, 2.24) is 4.90 Å². The van der Waals surface area contributed by atoms with Gasteiger partial charge in [-0.25, -0.2) is 0 Å². The average Bonchev–Trinajstić information content (AvgIpc) is 3.21. The molecular formula is C22H30N2O2S. The van der Waals surface area contributed by atoms with Crippen LogP contribution in [0.4, 0.5) is 5.69 Å². The summed E-state index contributed by atoms with van der Waals surface area (Å²) in [6.45, 7) is 4.05. The minimum atomic E-state index is 0.0943. The van der Waals surface area contributed by atoms with Crippen LogP contribution in [-0.2, 0) is 16.0 Å². The average molecular weight is 387 g/mol. The Kier molecular flexibility index (Phi) is 7.44. The van der Waals surface area contributed by atoms with Gasteiger partial charge in [-0.15, -0.1) is 11.3 Å². The first-order valence-electron chi connectivity index (χ1n) is 9.78. The maximum atomic E-state index is 12.3. The summed E-state index contributed by atoms with van der Waals surface area (Å²) >= 11 is 1.84. The van der Waals surface area contributed by atoms with E-state index in [1.807, 2.05) is 41.7 Å². The van der Waals surface area contributed by atoms with Crippen molar-refractivity contribution in [3.63, 3.8) is 0 Å². The highest BCUT2D eigenvalue weighted by Gasteiger charge is 2.34. The van der Waals surface area contributed by atoms with Crippen molar-refractivity contribution >= 4 is 22.9 Å². The van der Waals surface area contributed by atoms with Crippen molar-refractivity contribution in [2.24, 2.45) is 5.41 Å². The first kappa shape index (κ1) is 20.1. The molecule has 1 aromatic carbocycles. The molecule has 2 aromatic rings. The number of methoxy groups -OCH3 is 1. The van der Waals surface area contributed by atoms with Crippen molar-refractivity contribution in [3.05, 3.63) is 52.7 Å². The fourth-order valence-corrected chi connectivity index (χ4v) is 4.57. The second-order valence-corrected chi connectivity index (χ2v) is 8.55. The second-order valence-electron chi connectivity index (χ2n) is 7.52. The van der Waals surface area contributed by atoms with Crippen LogP contribution in [0.1, 0.15) is 30.6 Å². The molecule has 146 valence electrons. The van der Waals surface area contributed by atoms with E-state index in [0.29, 0.717) is 6.42 Å². The molecule has 4 nitrogen and oxygen atoms in total. The van der Waals surface area contributed by atoms with Crippen LogP contribution in [0.25, 0.3) is 0 Å². The maximum absolute atomic E-state index is 12.3. The van der Waals surface area contributed by atoms with Gasteiger partial charge in [0.25, 0.3) is 0 Å². The van der Waals surface area contributed by atoms with E-state index in [1.54, 1.807) is 7.11 Å². The zero-order chi connectivity index (χ0) is 19.0. The molecule has 3 rings (SSSR count). The van der Waals surface area contributed by atoms with Crippen molar-refractivity contribution in [1.29, 1.82) is 0 Å². The van der Waals surface area contributed by atoms with Gasteiger partial charge in [-0.1, -0.05) is 24.3 Å². The Labute approximate surface area is 166 Å². The summed E-state index contributed by atoms with van der Waals surface area (Å²) in [4.78, 5) is 16.4. The summed E-state index contributed by atoms with van der Waals surface area (Å²) in [7, 11) is 1.77. The summed E-state index contributed by atoms with van der Waals surface area (Å²) in [5.74, 6) is 0.0943. The van der Waals surface area contributed by atoms with Gasteiger partial charge in [-0.3, -0.25) is 4.79 Å². The van der Waals surface area contributed by atoms with Crippen LogP contribution in [0, 0.1) is 5.41 Å². The summed E-state index contributed by atoms with van der Waals surface area (Å²) in [5, 5.41) is 5.14. The number of piperidine rings is 1. The zero-order valence-electron chi connectivity index (χ0n) is 16.2. The van der Waals surface area contributed by atoms with Gasteiger partial charge in [0.2, 0.25) is 5.91 Å². The molecule has 2 heterocycles. The van der Waals surface area contributed by atoms with Crippen molar-refractivity contribution < 1.29 is 9.53 Å². The predicted octanol–water partition coefficient (Wildman–Crippen LogP) is 4.44. The number of ether oxygens (including phenoxy) is 1. The molecule has 0 radical (unpaired) electrons. The lowest BCUT2D eigenvalue weighted by Crippen LogP contribution is -2.43. The number of benzene rings is 1. The highest BCUT2D eigenvalue weighted by atomic mass is 32.1. The number of thiophene rings is 1. The smallest absolute Gasteiger partial charge is 0.224 e. The molecular weight excluding hydrogens is 356 g/mol.